The highest BCUT2D eigenvalue weighted by Crippen LogP contribution is 2.23. The van der Waals surface area contributed by atoms with Crippen LogP contribution in [0.25, 0.3) is 0 Å². The van der Waals surface area contributed by atoms with Crippen molar-refractivity contribution in [3.8, 4) is 0 Å². The van der Waals surface area contributed by atoms with E-state index in [9.17, 15) is 4.79 Å². The third-order valence-electron chi connectivity index (χ3n) is 5.33. The highest BCUT2D eigenvalue weighted by atomic mass is 16.2. The van der Waals surface area contributed by atoms with E-state index in [4.69, 9.17) is 0 Å². The van der Waals surface area contributed by atoms with Crippen molar-refractivity contribution in [2.45, 2.75) is 46.2 Å². The van der Waals surface area contributed by atoms with Gasteiger partial charge in [0.1, 0.15) is 11.6 Å². The average Bonchev–Trinajstić information content (AvgIpc) is 3.27. The van der Waals surface area contributed by atoms with Crippen LogP contribution < -0.4 is 5.32 Å². The first-order valence-corrected chi connectivity index (χ1v) is 10.0. The number of amides is 2. The van der Waals surface area contributed by atoms with Gasteiger partial charge in [-0.15, -0.1) is 0 Å². The number of aromatic nitrogens is 5. The first kappa shape index (κ1) is 19.2. The smallest absolute Gasteiger partial charge is 0.321 e. The van der Waals surface area contributed by atoms with Gasteiger partial charge in [0.25, 0.3) is 0 Å². The second kappa shape index (κ2) is 8.06. The SMILES string of the molecule is Cc1cnn(C2CCN(C(=O)Nc3cccc(Cn4nc(C)nc4C)c3)CC2)c1. The maximum absolute atomic E-state index is 12.7. The minimum Gasteiger partial charge on any atom is -0.324 e. The summed E-state index contributed by atoms with van der Waals surface area (Å²) in [4.78, 5) is 18.9. The Kier molecular flexibility index (Phi) is 5.33. The number of hydrogen-bond acceptors (Lipinski definition) is 4. The lowest BCUT2D eigenvalue weighted by Crippen LogP contribution is -2.41. The first-order valence-electron chi connectivity index (χ1n) is 10.0. The number of rotatable bonds is 4. The number of aryl methyl sites for hydroxylation is 3. The van der Waals surface area contributed by atoms with Gasteiger partial charge in [-0.05, 0) is 56.9 Å². The number of benzene rings is 1. The van der Waals surface area contributed by atoms with Crippen molar-refractivity contribution in [2.24, 2.45) is 0 Å². The summed E-state index contributed by atoms with van der Waals surface area (Å²) >= 11 is 0. The molecule has 1 aliphatic rings. The molecule has 0 saturated carbocycles. The van der Waals surface area contributed by atoms with Gasteiger partial charge in [-0.25, -0.2) is 14.5 Å². The van der Waals surface area contributed by atoms with E-state index in [-0.39, 0.29) is 6.03 Å². The third-order valence-corrected chi connectivity index (χ3v) is 5.33. The Bertz CT molecular complexity index is 998. The molecule has 0 aliphatic carbocycles. The van der Waals surface area contributed by atoms with Crippen LogP contribution in [0.1, 0.15) is 41.7 Å². The molecule has 0 unspecified atom stereocenters. The molecule has 152 valence electrons. The summed E-state index contributed by atoms with van der Waals surface area (Å²) in [6.45, 7) is 7.96. The van der Waals surface area contributed by atoms with Crippen LogP contribution in [0.4, 0.5) is 10.5 Å². The normalized spacial score (nSPS) is 14.9. The summed E-state index contributed by atoms with van der Waals surface area (Å²) in [6, 6.07) is 8.21. The Morgan fingerprint density at radius 1 is 1.21 bits per heavy atom. The van der Waals surface area contributed by atoms with Crippen LogP contribution in [0.3, 0.4) is 0 Å². The average molecular weight is 393 g/mol. The van der Waals surface area contributed by atoms with Gasteiger partial charge in [0.2, 0.25) is 0 Å². The monoisotopic (exact) mass is 393 g/mol. The number of carbonyl (C=O) groups is 1. The summed E-state index contributed by atoms with van der Waals surface area (Å²) in [5.41, 5.74) is 3.04. The quantitative estimate of drug-likeness (QED) is 0.737. The predicted octanol–water partition coefficient (Wildman–Crippen LogP) is 3.32. The lowest BCUT2D eigenvalue weighted by Gasteiger charge is -2.32. The van der Waals surface area contributed by atoms with Crippen LogP contribution in [0.15, 0.2) is 36.7 Å². The molecule has 1 fully saturated rings. The zero-order chi connectivity index (χ0) is 20.4. The van der Waals surface area contributed by atoms with Crippen LogP contribution in [-0.2, 0) is 6.54 Å². The molecular weight excluding hydrogens is 366 g/mol. The van der Waals surface area contributed by atoms with Crippen molar-refractivity contribution in [3.05, 3.63) is 59.4 Å². The van der Waals surface area contributed by atoms with Crippen LogP contribution in [-0.4, -0.2) is 48.6 Å². The Morgan fingerprint density at radius 3 is 2.66 bits per heavy atom. The van der Waals surface area contributed by atoms with E-state index in [1.807, 2.05) is 65.5 Å². The molecule has 1 N–H and O–H groups in total. The molecule has 4 rings (SSSR count). The van der Waals surface area contributed by atoms with Gasteiger partial charge in [-0.2, -0.15) is 10.2 Å². The van der Waals surface area contributed by atoms with Crippen molar-refractivity contribution in [2.75, 3.05) is 18.4 Å². The molecule has 0 atom stereocenters. The fraction of sp³-hybridized carbons (Fsp3) is 0.429. The van der Waals surface area contributed by atoms with Crippen molar-refractivity contribution in [1.29, 1.82) is 0 Å². The molecule has 2 amide bonds. The molecule has 0 bridgehead atoms. The van der Waals surface area contributed by atoms with Gasteiger partial charge >= 0.3 is 6.03 Å². The Balaban J connectivity index is 1.34. The predicted molar refractivity (Wildman–Crippen MR) is 111 cm³/mol. The Morgan fingerprint density at radius 2 is 2.00 bits per heavy atom. The number of hydrogen-bond donors (Lipinski definition) is 1. The molecule has 1 aromatic carbocycles. The van der Waals surface area contributed by atoms with Crippen molar-refractivity contribution < 1.29 is 4.79 Å². The van der Waals surface area contributed by atoms with Gasteiger partial charge < -0.3 is 10.2 Å². The maximum Gasteiger partial charge on any atom is 0.321 e. The van der Waals surface area contributed by atoms with E-state index in [0.29, 0.717) is 12.6 Å². The van der Waals surface area contributed by atoms with E-state index >= 15 is 0 Å². The Hall–Kier alpha value is -3.16. The standard InChI is InChI=1S/C21H27N7O/c1-15-12-22-28(13-15)20-7-9-26(10-8-20)21(29)24-19-6-4-5-18(11-19)14-27-17(3)23-16(2)25-27/h4-6,11-13,20H,7-10,14H2,1-3H3,(H,24,29). The number of piperidine rings is 1. The number of anilines is 1. The molecular formula is C21H27N7O. The second-order valence-corrected chi connectivity index (χ2v) is 7.71. The highest BCUT2D eigenvalue weighted by Gasteiger charge is 2.24. The number of likely N-dealkylation sites (tertiary alicyclic amines) is 1. The molecule has 8 heteroatoms. The molecule has 2 aromatic heterocycles. The van der Waals surface area contributed by atoms with Gasteiger partial charge in [0.05, 0.1) is 18.8 Å². The maximum atomic E-state index is 12.7. The van der Waals surface area contributed by atoms with E-state index in [1.54, 1.807) is 0 Å². The summed E-state index contributed by atoms with van der Waals surface area (Å²) in [5, 5.41) is 11.9. The van der Waals surface area contributed by atoms with Crippen molar-refractivity contribution in [1.82, 2.24) is 29.4 Å². The molecule has 3 aromatic rings. The van der Waals surface area contributed by atoms with Crippen molar-refractivity contribution in [3.63, 3.8) is 0 Å². The number of urea groups is 1. The topological polar surface area (TPSA) is 80.9 Å². The molecule has 1 aliphatic heterocycles. The fourth-order valence-electron chi connectivity index (χ4n) is 3.80. The number of carbonyl (C=O) groups excluding carboxylic acids is 1. The zero-order valence-electron chi connectivity index (χ0n) is 17.2. The molecule has 29 heavy (non-hydrogen) atoms. The zero-order valence-corrected chi connectivity index (χ0v) is 17.2. The molecule has 3 heterocycles. The Labute approximate surface area is 170 Å². The number of nitrogens with zero attached hydrogens (tertiary/aromatic N) is 6. The number of nitrogens with one attached hydrogen (secondary N) is 1. The summed E-state index contributed by atoms with van der Waals surface area (Å²) in [6.07, 6.45) is 5.79. The fourth-order valence-corrected chi connectivity index (χ4v) is 3.80. The second-order valence-electron chi connectivity index (χ2n) is 7.71. The lowest BCUT2D eigenvalue weighted by atomic mass is 10.1. The molecule has 1 saturated heterocycles. The van der Waals surface area contributed by atoms with Crippen LogP contribution in [0.2, 0.25) is 0 Å². The minimum atomic E-state index is -0.0509. The lowest BCUT2D eigenvalue weighted by molar-refractivity contribution is 0.180. The summed E-state index contributed by atoms with van der Waals surface area (Å²) in [7, 11) is 0. The van der Waals surface area contributed by atoms with Gasteiger partial charge in [0, 0.05) is 25.0 Å². The minimum absolute atomic E-state index is 0.0509. The largest absolute Gasteiger partial charge is 0.324 e. The molecule has 8 nitrogen and oxygen atoms in total. The van der Waals surface area contributed by atoms with Crippen LogP contribution in [0.5, 0.6) is 0 Å². The van der Waals surface area contributed by atoms with E-state index in [1.165, 1.54) is 5.56 Å². The van der Waals surface area contributed by atoms with E-state index in [0.717, 1.165) is 48.8 Å². The molecule has 0 radical (unpaired) electrons. The highest BCUT2D eigenvalue weighted by molar-refractivity contribution is 5.89. The van der Waals surface area contributed by atoms with E-state index < -0.39 is 0 Å². The van der Waals surface area contributed by atoms with E-state index in [2.05, 4.69) is 26.7 Å². The summed E-state index contributed by atoms with van der Waals surface area (Å²) in [5.74, 6) is 1.65. The van der Waals surface area contributed by atoms with Gasteiger partial charge in [-0.3, -0.25) is 4.68 Å². The summed E-state index contributed by atoms with van der Waals surface area (Å²) < 4.78 is 3.90. The van der Waals surface area contributed by atoms with Crippen LogP contribution >= 0.6 is 0 Å². The van der Waals surface area contributed by atoms with Crippen LogP contribution in [0, 0.1) is 20.8 Å². The first-order chi connectivity index (χ1) is 14.0. The third kappa shape index (κ3) is 4.47. The van der Waals surface area contributed by atoms with Gasteiger partial charge in [-0.1, -0.05) is 12.1 Å². The van der Waals surface area contributed by atoms with Gasteiger partial charge in [0.15, 0.2) is 0 Å². The van der Waals surface area contributed by atoms with Crippen molar-refractivity contribution >= 4 is 11.7 Å². The molecule has 0 spiro atoms.